The lowest BCUT2D eigenvalue weighted by Crippen LogP contribution is -2.26. The molecule has 4 rings (SSSR count). The summed E-state index contributed by atoms with van der Waals surface area (Å²) in [5, 5.41) is 12.1. The first kappa shape index (κ1) is 17.3. The summed E-state index contributed by atoms with van der Waals surface area (Å²) in [5.74, 6) is -0.199. The summed E-state index contributed by atoms with van der Waals surface area (Å²) < 4.78 is 3.83. The molecule has 2 heterocycles. The maximum Gasteiger partial charge on any atom is 0.252 e. The second-order valence-corrected chi connectivity index (χ2v) is 6.73. The molecule has 7 heteroatoms. The Kier molecular flexibility index (Phi) is 4.64. The monoisotopic (exact) mass is 379 g/mol. The molecule has 2 aromatic carbocycles. The van der Waals surface area contributed by atoms with E-state index in [9.17, 15) is 4.79 Å². The fourth-order valence-corrected chi connectivity index (χ4v) is 3.42. The number of halogens is 1. The summed E-state index contributed by atoms with van der Waals surface area (Å²) in [5.41, 5.74) is 3.60. The average molecular weight is 380 g/mol. The molecule has 0 saturated carbocycles. The van der Waals surface area contributed by atoms with E-state index >= 15 is 0 Å². The number of carbonyl (C=O) groups is 1. The molecule has 0 spiro atoms. The highest BCUT2D eigenvalue weighted by Gasteiger charge is 2.12. The lowest BCUT2D eigenvalue weighted by Gasteiger charge is -2.09. The van der Waals surface area contributed by atoms with Gasteiger partial charge >= 0.3 is 0 Å². The lowest BCUT2D eigenvalue weighted by molar-refractivity contribution is 0.0954. The number of aryl methyl sites for hydroxylation is 1. The minimum atomic E-state index is -0.199. The molecule has 2 aromatic heterocycles. The van der Waals surface area contributed by atoms with Gasteiger partial charge in [0.1, 0.15) is 12.7 Å². The number of carbonyl (C=O) groups excluding carboxylic acids is 1. The first-order valence-corrected chi connectivity index (χ1v) is 8.97. The van der Waals surface area contributed by atoms with Crippen LogP contribution in [0.5, 0.6) is 0 Å². The molecule has 0 aliphatic rings. The van der Waals surface area contributed by atoms with E-state index in [4.69, 9.17) is 11.6 Å². The number of aromatic nitrogens is 4. The van der Waals surface area contributed by atoms with Crippen LogP contribution in [-0.2, 0) is 13.5 Å². The van der Waals surface area contributed by atoms with Crippen molar-refractivity contribution in [2.24, 2.45) is 7.05 Å². The van der Waals surface area contributed by atoms with Gasteiger partial charge in [-0.25, -0.2) is 0 Å². The highest BCUT2D eigenvalue weighted by atomic mass is 35.5. The second-order valence-electron chi connectivity index (χ2n) is 6.32. The number of nitrogens with zero attached hydrogens (tertiary/aromatic N) is 4. The van der Waals surface area contributed by atoms with Crippen LogP contribution >= 0.6 is 11.6 Å². The summed E-state index contributed by atoms with van der Waals surface area (Å²) in [4.78, 5) is 12.6. The van der Waals surface area contributed by atoms with E-state index in [1.807, 2.05) is 25.2 Å². The van der Waals surface area contributed by atoms with Crippen molar-refractivity contribution < 1.29 is 4.79 Å². The zero-order valence-electron chi connectivity index (χ0n) is 14.8. The van der Waals surface area contributed by atoms with Crippen molar-refractivity contribution in [3.8, 4) is 5.69 Å². The summed E-state index contributed by atoms with van der Waals surface area (Å²) in [6.45, 7) is 0.528. The first-order chi connectivity index (χ1) is 13.1. The molecule has 136 valence electrons. The smallest absolute Gasteiger partial charge is 0.252 e. The Morgan fingerprint density at radius 3 is 2.74 bits per heavy atom. The molecule has 27 heavy (non-hydrogen) atoms. The lowest BCUT2D eigenvalue weighted by atomic mass is 10.1. The SMILES string of the molecule is Cn1cc(CCNC(=O)c2cc(-n3cnnc3)ccc2Cl)c2ccccc21. The summed E-state index contributed by atoms with van der Waals surface area (Å²) in [7, 11) is 2.03. The average Bonchev–Trinajstić information content (AvgIpc) is 3.31. The molecule has 6 nitrogen and oxygen atoms in total. The molecular weight excluding hydrogens is 362 g/mol. The predicted molar refractivity (Wildman–Crippen MR) is 105 cm³/mol. The minimum Gasteiger partial charge on any atom is -0.352 e. The van der Waals surface area contributed by atoms with Gasteiger partial charge in [0.15, 0.2) is 0 Å². The zero-order valence-corrected chi connectivity index (χ0v) is 15.5. The molecule has 0 saturated heterocycles. The zero-order chi connectivity index (χ0) is 18.8. The van der Waals surface area contributed by atoms with Gasteiger partial charge in [-0.05, 0) is 36.2 Å². The first-order valence-electron chi connectivity index (χ1n) is 8.59. The van der Waals surface area contributed by atoms with Crippen LogP contribution < -0.4 is 5.32 Å². The van der Waals surface area contributed by atoms with E-state index in [0.717, 1.165) is 12.1 Å². The Balaban J connectivity index is 1.47. The fraction of sp³-hybridized carbons (Fsp3) is 0.150. The van der Waals surface area contributed by atoms with Crippen molar-refractivity contribution in [3.05, 3.63) is 77.5 Å². The number of para-hydroxylation sites is 1. The van der Waals surface area contributed by atoms with Crippen LogP contribution in [0.2, 0.25) is 5.02 Å². The van der Waals surface area contributed by atoms with Gasteiger partial charge in [0.2, 0.25) is 0 Å². The van der Waals surface area contributed by atoms with Gasteiger partial charge in [-0.2, -0.15) is 0 Å². The number of nitrogens with one attached hydrogen (secondary N) is 1. The fourth-order valence-electron chi connectivity index (χ4n) is 3.21. The van der Waals surface area contributed by atoms with Crippen molar-refractivity contribution in [1.29, 1.82) is 0 Å². The standard InChI is InChI=1S/C20H18ClN5O/c1-25-11-14(16-4-2-3-5-19(16)25)8-9-22-20(27)17-10-15(6-7-18(17)21)26-12-23-24-13-26/h2-7,10-13H,8-9H2,1H3,(H,22,27). The van der Waals surface area contributed by atoms with Gasteiger partial charge in [-0.15, -0.1) is 10.2 Å². The van der Waals surface area contributed by atoms with Gasteiger partial charge in [-0.3, -0.25) is 9.36 Å². The molecule has 1 amide bonds. The third kappa shape index (κ3) is 3.44. The normalized spacial score (nSPS) is 11.0. The molecule has 0 aliphatic heterocycles. The third-order valence-electron chi connectivity index (χ3n) is 4.57. The molecule has 0 bridgehead atoms. The van der Waals surface area contributed by atoms with Crippen LogP contribution in [0, 0.1) is 0 Å². The topological polar surface area (TPSA) is 64.7 Å². The van der Waals surface area contributed by atoms with E-state index in [0.29, 0.717) is 17.1 Å². The number of rotatable bonds is 5. The van der Waals surface area contributed by atoms with Crippen LogP contribution in [0.3, 0.4) is 0 Å². The van der Waals surface area contributed by atoms with Crippen molar-refractivity contribution >= 4 is 28.4 Å². The van der Waals surface area contributed by atoms with Gasteiger partial charge in [-0.1, -0.05) is 29.8 Å². The van der Waals surface area contributed by atoms with Crippen molar-refractivity contribution in [1.82, 2.24) is 24.6 Å². The van der Waals surface area contributed by atoms with Crippen LogP contribution in [0.25, 0.3) is 16.6 Å². The number of hydrogen-bond donors (Lipinski definition) is 1. The molecule has 0 radical (unpaired) electrons. The minimum absolute atomic E-state index is 0.199. The van der Waals surface area contributed by atoms with Crippen molar-refractivity contribution in [2.45, 2.75) is 6.42 Å². The Morgan fingerprint density at radius 2 is 1.93 bits per heavy atom. The number of benzene rings is 2. The predicted octanol–water partition coefficient (Wildman–Crippen LogP) is 3.38. The summed E-state index contributed by atoms with van der Waals surface area (Å²) in [6, 6.07) is 13.5. The van der Waals surface area contributed by atoms with E-state index < -0.39 is 0 Å². The molecular formula is C20H18ClN5O. The number of amides is 1. The molecule has 0 atom stereocenters. The quantitative estimate of drug-likeness (QED) is 0.578. The highest BCUT2D eigenvalue weighted by Crippen LogP contribution is 2.21. The maximum atomic E-state index is 12.6. The van der Waals surface area contributed by atoms with E-state index in [-0.39, 0.29) is 5.91 Å². The largest absolute Gasteiger partial charge is 0.352 e. The number of hydrogen-bond acceptors (Lipinski definition) is 3. The molecule has 4 aromatic rings. The van der Waals surface area contributed by atoms with Crippen LogP contribution in [0.15, 0.2) is 61.3 Å². The van der Waals surface area contributed by atoms with Crippen LogP contribution in [0.1, 0.15) is 15.9 Å². The molecule has 0 unspecified atom stereocenters. The van der Waals surface area contributed by atoms with Gasteiger partial charge in [0.25, 0.3) is 5.91 Å². The highest BCUT2D eigenvalue weighted by molar-refractivity contribution is 6.33. The summed E-state index contributed by atoms with van der Waals surface area (Å²) >= 11 is 6.23. The van der Waals surface area contributed by atoms with Gasteiger partial charge in [0, 0.05) is 36.4 Å². The Labute approximate surface area is 161 Å². The van der Waals surface area contributed by atoms with Crippen LogP contribution in [-0.4, -0.2) is 31.8 Å². The maximum absolute atomic E-state index is 12.6. The molecule has 0 aliphatic carbocycles. The van der Waals surface area contributed by atoms with E-state index in [1.165, 1.54) is 16.5 Å². The van der Waals surface area contributed by atoms with E-state index in [2.05, 4.69) is 38.4 Å². The van der Waals surface area contributed by atoms with Crippen molar-refractivity contribution in [3.63, 3.8) is 0 Å². The molecule has 0 fully saturated rings. The van der Waals surface area contributed by atoms with Crippen LogP contribution in [0.4, 0.5) is 0 Å². The third-order valence-corrected chi connectivity index (χ3v) is 4.90. The second kappa shape index (κ2) is 7.25. The van der Waals surface area contributed by atoms with E-state index in [1.54, 1.807) is 29.4 Å². The number of fused-ring (bicyclic) bond motifs is 1. The molecule has 1 N–H and O–H groups in total. The van der Waals surface area contributed by atoms with Crippen molar-refractivity contribution in [2.75, 3.05) is 6.54 Å². The van der Waals surface area contributed by atoms with Gasteiger partial charge in [0.05, 0.1) is 10.6 Å². The van der Waals surface area contributed by atoms with Gasteiger partial charge < -0.3 is 9.88 Å². The Morgan fingerprint density at radius 1 is 1.15 bits per heavy atom. The Hall–Kier alpha value is -3.12. The summed E-state index contributed by atoms with van der Waals surface area (Å²) in [6.07, 6.45) is 6.00. The Bertz CT molecular complexity index is 1100.